The number of H-pyrrole nitrogens is 1. The van der Waals surface area contributed by atoms with Crippen molar-refractivity contribution in [2.24, 2.45) is 0 Å². The molecule has 0 spiro atoms. The SMILES string of the molecule is Cc1ccc(NC(=O)c2ccc3nc(-c4ccc([N+](=O)[O-])s4)[nH]c3c2)c(C)c1. The second-order valence-corrected chi connectivity index (χ2v) is 7.55. The number of aromatic amines is 1. The number of benzene rings is 2. The largest absolute Gasteiger partial charge is 0.337 e. The van der Waals surface area contributed by atoms with Crippen LogP contribution in [-0.2, 0) is 0 Å². The molecule has 8 heteroatoms. The fourth-order valence-corrected chi connectivity index (χ4v) is 3.73. The maximum Gasteiger partial charge on any atom is 0.324 e. The monoisotopic (exact) mass is 392 g/mol. The Labute approximate surface area is 164 Å². The van der Waals surface area contributed by atoms with Crippen molar-refractivity contribution in [1.82, 2.24) is 9.97 Å². The molecule has 28 heavy (non-hydrogen) atoms. The summed E-state index contributed by atoms with van der Waals surface area (Å²) in [7, 11) is 0. The van der Waals surface area contributed by atoms with Gasteiger partial charge in [-0.05, 0) is 49.7 Å². The first-order valence-electron chi connectivity index (χ1n) is 8.54. The van der Waals surface area contributed by atoms with E-state index in [1.165, 1.54) is 6.07 Å². The van der Waals surface area contributed by atoms with Crippen molar-refractivity contribution < 1.29 is 9.72 Å². The van der Waals surface area contributed by atoms with E-state index in [1.54, 1.807) is 24.3 Å². The summed E-state index contributed by atoms with van der Waals surface area (Å²) in [6.07, 6.45) is 0. The van der Waals surface area contributed by atoms with Crippen molar-refractivity contribution in [2.45, 2.75) is 13.8 Å². The van der Waals surface area contributed by atoms with Crippen LogP contribution in [0.25, 0.3) is 21.7 Å². The molecule has 0 atom stereocenters. The van der Waals surface area contributed by atoms with E-state index >= 15 is 0 Å². The van der Waals surface area contributed by atoms with Crippen LogP contribution in [0.1, 0.15) is 21.5 Å². The molecule has 0 saturated carbocycles. The summed E-state index contributed by atoms with van der Waals surface area (Å²) >= 11 is 1.05. The summed E-state index contributed by atoms with van der Waals surface area (Å²) in [4.78, 5) is 31.4. The average molecular weight is 392 g/mol. The maximum atomic E-state index is 12.6. The first-order valence-corrected chi connectivity index (χ1v) is 9.35. The van der Waals surface area contributed by atoms with Gasteiger partial charge in [-0.15, -0.1) is 0 Å². The third-order valence-corrected chi connectivity index (χ3v) is 5.42. The first kappa shape index (κ1) is 17.9. The highest BCUT2D eigenvalue weighted by Crippen LogP contribution is 2.32. The molecular weight excluding hydrogens is 376 g/mol. The van der Waals surface area contributed by atoms with Gasteiger partial charge < -0.3 is 10.3 Å². The van der Waals surface area contributed by atoms with Crippen LogP contribution in [0, 0.1) is 24.0 Å². The summed E-state index contributed by atoms with van der Waals surface area (Å²) < 4.78 is 0. The Balaban J connectivity index is 1.62. The maximum absolute atomic E-state index is 12.6. The summed E-state index contributed by atoms with van der Waals surface area (Å²) in [5.74, 6) is 0.330. The van der Waals surface area contributed by atoms with Gasteiger partial charge in [-0.1, -0.05) is 29.0 Å². The van der Waals surface area contributed by atoms with Gasteiger partial charge >= 0.3 is 5.00 Å². The van der Waals surface area contributed by atoms with Gasteiger partial charge in [0.25, 0.3) is 5.91 Å². The number of nitro groups is 1. The fourth-order valence-electron chi connectivity index (χ4n) is 2.97. The summed E-state index contributed by atoms with van der Waals surface area (Å²) in [6, 6.07) is 14.2. The standard InChI is InChI=1S/C20H16N4O3S/c1-11-3-5-14(12(2)9-11)23-20(25)13-4-6-15-16(10-13)22-19(21-15)17-7-8-18(28-17)24(26)27/h3-10H,1-2H3,(H,21,22)(H,23,25). The number of thiophene rings is 1. The minimum Gasteiger partial charge on any atom is -0.337 e. The van der Waals surface area contributed by atoms with Crippen molar-refractivity contribution in [3.63, 3.8) is 0 Å². The van der Waals surface area contributed by atoms with Crippen molar-refractivity contribution in [3.05, 3.63) is 75.3 Å². The fraction of sp³-hybridized carbons (Fsp3) is 0.100. The number of hydrogen-bond donors (Lipinski definition) is 2. The van der Waals surface area contributed by atoms with Gasteiger partial charge in [0.15, 0.2) is 0 Å². The Bertz CT molecular complexity index is 1230. The van der Waals surface area contributed by atoms with Crippen molar-refractivity contribution in [2.75, 3.05) is 5.32 Å². The second kappa shape index (κ2) is 6.90. The van der Waals surface area contributed by atoms with Gasteiger partial charge in [-0.3, -0.25) is 14.9 Å². The quantitative estimate of drug-likeness (QED) is 0.374. The number of aromatic nitrogens is 2. The number of hydrogen-bond acceptors (Lipinski definition) is 5. The van der Waals surface area contributed by atoms with Crippen LogP contribution in [0.3, 0.4) is 0 Å². The molecule has 2 N–H and O–H groups in total. The zero-order valence-electron chi connectivity index (χ0n) is 15.1. The Morgan fingerprint density at radius 2 is 1.96 bits per heavy atom. The highest BCUT2D eigenvalue weighted by molar-refractivity contribution is 7.18. The molecule has 0 fully saturated rings. The van der Waals surface area contributed by atoms with E-state index in [9.17, 15) is 14.9 Å². The van der Waals surface area contributed by atoms with E-state index < -0.39 is 4.92 Å². The normalized spacial score (nSPS) is 10.9. The molecule has 0 bridgehead atoms. The van der Waals surface area contributed by atoms with Gasteiger partial charge in [0.05, 0.1) is 20.8 Å². The molecule has 2 aromatic heterocycles. The van der Waals surface area contributed by atoms with Gasteiger partial charge in [-0.2, -0.15) is 0 Å². The van der Waals surface area contributed by atoms with Crippen LogP contribution in [0.2, 0.25) is 0 Å². The first-order chi connectivity index (χ1) is 13.4. The molecule has 0 aliphatic rings. The number of nitrogens with one attached hydrogen (secondary N) is 2. The molecule has 4 aromatic rings. The van der Waals surface area contributed by atoms with Gasteiger partial charge in [0.2, 0.25) is 0 Å². The number of fused-ring (bicyclic) bond motifs is 1. The third kappa shape index (κ3) is 3.37. The van der Waals surface area contributed by atoms with Crippen molar-refractivity contribution >= 4 is 39.0 Å². The van der Waals surface area contributed by atoms with Crippen LogP contribution in [0.15, 0.2) is 48.5 Å². The number of carbonyl (C=O) groups excluding carboxylic acids is 1. The third-order valence-electron chi connectivity index (χ3n) is 4.38. The Morgan fingerprint density at radius 3 is 2.68 bits per heavy atom. The van der Waals surface area contributed by atoms with Crippen LogP contribution < -0.4 is 5.32 Å². The van der Waals surface area contributed by atoms with Crippen molar-refractivity contribution in [1.29, 1.82) is 0 Å². The summed E-state index contributed by atoms with van der Waals surface area (Å²) in [5, 5.41) is 13.9. The predicted molar refractivity (Wildman–Crippen MR) is 110 cm³/mol. The minimum absolute atomic E-state index is 0.0593. The number of anilines is 1. The van der Waals surface area contributed by atoms with Crippen LogP contribution in [0.5, 0.6) is 0 Å². The molecule has 0 saturated heterocycles. The number of aryl methyl sites for hydroxylation is 2. The summed E-state index contributed by atoms with van der Waals surface area (Å²) in [5.41, 5.74) is 4.79. The molecule has 2 heterocycles. The Kier molecular flexibility index (Phi) is 4.40. The zero-order valence-corrected chi connectivity index (χ0v) is 16.0. The predicted octanol–water partition coefficient (Wildman–Crippen LogP) is 5.07. The summed E-state index contributed by atoms with van der Waals surface area (Å²) in [6.45, 7) is 3.96. The molecule has 140 valence electrons. The van der Waals surface area contributed by atoms with E-state index in [-0.39, 0.29) is 10.9 Å². The van der Waals surface area contributed by atoms with E-state index in [0.29, 0.717) is 27.3 Å². The van der Waals surface area contributed by atoms with E-state index in [0.717, 1.165) is 28.2 Å². The minimum atomic E-state index is -0.424. The van der Waals surface area contributed by atoms with Crippen molar-refractivity contribution in [3.8, 4) is 10.7 Å². The molecule has 0 unspecified atom stereocenters. The molecule has 0 aliphatic heterocycles. The van der Waals surface area contributed by atoms with Gasteiger partial charge in [0, 0.05) is 17.3 Å². The lowest BCUT2D eigenvalue weighted by Crippen LogP contribution is -2.12. The van der Waals surface area contributed by atoms with Gasteiger partial charge in [0.1, 0.15) is 5.82 Å². The second-order valence-electron chi connectivity index (χ2n) is 6.48. The molecule has 0 aliphatic carbocycles. The van der Waals surface area contributed by atoms with Crippen LogP contribution >= 0.6 is 11.3 Å². The Morgan fingerprint density at radius 1 is 1.14 bits per heavy atom. The van der Waals surface area contributed by atoms with Crippen LogP contribution in [-0.4, -0.2) is 20.8 Å². The van der Waals surface area contributed by atoms with Gasteiger partial charge in [-0.25, -0.2) is 4.98 Å². The van der Waals surface area contributed by atoms with E-state index in [2.05, 4.69) is 15.3 Å². The lowest BCUT2D eigenvalue weighted by atomic mass is 10.1. The highest BCUT2D eigenvalue weighted by atomic mass is 32.1. The number of nitrogens with zero attached hydrogens (tertiary/aromatic N) is 2. The lowest BCUT2D eigenvalue weighted by molar-refractivity contribution is -0.380. The number of rotatable bonds is 4. The lowest BCUT2D eigenvalue weighted by Gasteiger charge is -2.09. The van der Waals surface area contributed by atoms with Crippen LogP contribution in [0.4, 0.5) is 10.7 Å². The number of amides is 1. The zero-order chi connectivity index (χ0) is 19.8. The Hall–Kier alpha value is -3.52. The molecule has 4 rings (SSSR count). The smallest absolute Gasteiger partial charge is 0.324 e. The van der Waals surface area contributed by atoms with E-state index in [4.69, 9.17) is 0 Å². The molecule has 0 radical (unpaired) electrons. The van der Waals surface area contributed by atoms with E-state index in [1.807, 2.05) is 32.0 Å². The molecular formula is C20H16N4O3S. The number of carbonyl (C=O) groups is 1. The topological polar surface area (TPSA) is 101 Å². The molecule has 1 amide bonds. The number of imidazole rings is 1. The molecule has 2 aromatic carbocycles. The highest BCUT2D eigenvalue weighted by Gasteiger charge is 2.15. The average Bonchev–Trinajstić information content (AvgIpc) is 3.29. The molecule has 7 nitrogen and oxygen atoms in total.